The van der Waals surface area contributed by atoms with Gasteiger partial charge in [-0.2, -0.15) is 0 Å². The number of carbonyl (C=O) groups excluding carboxylic acids is 1. The third kappa shape index (κ3) is 4.83. The van der Waals surface area contributed by atoms with Crippen molar-refractivity contribution in [2.45, 2.75) is 32.9 Å². The van der Waals surface area contributed by atoms with Crippen molar-refractivity contribution in [3.8, 4) is 0 Å². The molecule has 1 atom stereocenters. The highest BCUT2D eigenvalue weighted by Gasteiger charge is 2.27. The molecule has 0 bridgehead atoms. The molecule has 0 amide bonds. The quantitative estimate of drug-likeness (QED) is 0.744. The molecule has 0 aromatic heterocycles. The van der Waals surface area contributed by atoms with Gasteiger partial charge in [-0.15, -0.1) is 0 Å². The molecule has 1 heterocycles. The second kappa shape index (κ2) is 8.15. The Morgan fingerprint density at radius 3 is 2.67 bits per heavy atom. The summed E-state index contributed by atoms with van der Waals surface area (Å²) >= 11 is 0. The van der Waals surface area contributed by atoms with E-state index < -0.39 is 0 Å². The fourth-order valence-corrected chi connectivity index (χ4v) is 2.54. The predicted molar refractivity (Wildman–Crippen MR) is 83.9 cm³/mol. The fraction of sp³-hybridized carbons (Fsp3) is 0.588. The van der Waals surface area contributed by atoms with Crippen LogP contribution < -0.4 is 5.32 Å². The number of hydrogen-bond donors (Lipinski definition) is 1. The topological polar surface area (TPSA) is 41.6 Å². The summed E-state index contributed by atoms with van der Waals surface area (Å²) in [4.78, 5) is 14.5. The standard InChI is InChI=1S/C17H26N2O2/c1-3-9-19(16-10-18-11-16)12-14(2)17(20)21-13-15-7-5-4-6-8-15/h4-8,14,16,18H,3,9-13H2,1-2H3. The second-order valence-electron chi connectivity index (χ2n) is 5.80. The van der Waals surface area contributed by atoms with Gasteiger partial charge in [0.2, 0.25) is 0 Å². The molecule has 0 spiro atoms. The average Bonchev–Trinajstić information content (AvgIpc) is 2.44. The van der Waals surface area contributed by atoms with Gasteiger partial charge in [0.25, 0.3) is 0 Å². The summed E-state index contributed by atoms with van der Waals surface area (Å²) in [6.07, 6.45) is 1.11. The molecule has 1 fully saturated rings. The van der Waals surface area contributed by atoms with E-state index in [1.807, 2.05) is 37.3 Å². The first-order valence-corrected chi connectivity index (χ1v) is 7.86. The molecule has 0 aliphatic carbocycles. The van der Waals surface area contributed by atoms with Crippen molar-refractivity contribution >= 4 is 5.97 Å². The fourth-order valence-electron chi connectivity index (χ4n) is 2.54. The van der Waals surface area contributed by atoms with Crippen LogP contribution in [0.5, 0.6) is 0 Å². The minimum absolute atomic E-state index is 0.0825. The van der Waals surface area contributed by atoms with Gasteiger partial charge in [0.05, 0.1) is 5.92 Å². The van der Waals surface area contributed by atoms with Crippen LogP contribution in [0.1, 0.15) is 25.8 Å². The monoisotopic (exact) mass is 290 g/mol. The van der Waals surface area contributed by atoms with Crippen LogP contribution in [0, 0.1) is 5.92 Å². The number of nitrogens with one attached hydrogen (secondary N) is 1. The highest BCUT2D eigenvalue weighted by atomic mass is 16.5. The zero-order valence-electron chi connectivity index (χ0n) is 13.0. The van der Waals surface area contributed by atoms with Gasteiger partial charge in [-0.1, -0.05) is 44.2 Å². The molecule has 1 aliphatic rings. The third-order valence-electron chi connectivity index (χ3n) is 3.92. The van der Waals surface area contributed by atoms with Gasteiger partial charge in [-0.05, 0) is 18.5 Å². The maximum atomic E-state index is 12.1. The SMILES string of the molecule is CCCN(CC(C)C(=O)OCc1ccccc1)C1CNC1. The summed E-state index contributed by atoms with van der Waals surface area (Å²) in [5.41, 5.74) is 1.03. The lowest BCUT2D eigenvalue weighted by molar-refractivity contribution is -0.150. The Kier molecular flexibility index (Phi) is 6.21. The molecule has 116 valence electrons. The van der Waals surface area contributed by atoms with E-state index in [0.29, 0.717) is 12.6 Å². The summed E-state index contributed by atoms with van der Waals surface area (Å²) in [5.74, 6) is -0.187. The van der Waals surface area contributed by atoms with Gasteiger partial charge in [-0.25, -0.2) is 0 Å². The molecule has 0 radical (unpaired) electrons. The number of carbonyl (C=O) groups is 1. The molecule has 0 saturated carbocycles. The summed E-state index contributed by atoms with van der Waals surface area (Å²) in [6.45, 7) is 8.40. The maximum absolute atomic E-state index is 12.1. The van der Waals surface area contributed by atoms with E-state index in [4.69, 9.17) is 4.74 Å². The van der Waals surface area contributed by atoms with Crippen LogP contribution in [0.15, 0.2) is 30.3 Å². The molecular formula is C17H26N2O2. The van der Waals surface area contributed by atoms with Crippen molar-refractivity contribution in [3.05, 3.63) is 35.9 Å². The molecule has 1 N–H and O–H groups in total. The van der Waals surface area contributed by atoms with Crippen LogP contribution in [0.4, 0.5) is 0 Å². The lowest BCUT2D eigenvalue weighted by Gasteiger charge is -2.39. The van der Waals surface area contributed by atoms with Crippen LogP contribution >= 0.6 is 0 Å². The molecule has 2 rings (SSSR count). The first-order valence-electron chi connectivity index (χ1n) is 7.86. The molecule has 4 nitrogen and oxygen atoms in total. The van der Waals surface area contributed by atoms with Crippen molar-refractivity contribution in [1.29, 1.82) is 0 Å². The van der Waals surface area contributed by atoms with Gasteiger partial charge >= 0.3 is 5.97 Å². The molecule has 1 saturated heterocycles. The summed E-state index contributed by atoms with van der Waals surface area (Å²) in [6, 6.07) is 10.4. The van der Waals surface area contributed by atoms with Crippen molar-refractivity contribution in [2.24, 2.45) is 5.92 Å². The van der Waals surface area contributed by atoms with Crippen molar-refractivity contribution in [1.82, 2.24) is 10.2 Å². The molecule has 1 unspecified atom stereocenters. The van der Waals surface area contributed by atoms with Crippen LogP contribution in [-0.4, -0.2) is 43.1 Å². The Morgan fingerprint density at radius 2 is 2.10 bits per heavy atom. The van der Waals surface area contributed by atoms with Gasteiger partial charge in [0.1, 0.15) is 6.61 Å². The molecule has 1 aromatic carbocycles. The van der Waals surface area contributed by atoms with E-state index in [2.05, 4.69) is 17.1 Å². The Hall–Kier alpha value is -1.39. The minimum atomic E-state index is -0.104. The van der Waals surface area contributed by atoms with Crippen LogP contribution in [0.25, 0.3) is 0 Å². The Labute approximate surface area is 127 Å². The highest BCUT2D eigenvalue weighted by Crippen LogP contribution is 2.12. The Balaban J connectivity index is 1.78. The van der Waals surface area contributed by atoms with E-state index in [0.717, 1.165) is 38.2 Å². The Morgan fingerprint density at radius 1 is 1.38 bits per heavy atom. The van der Waals surface area contributed by atoms with Crippen molar-refractivity contribution in [3.63, 3.8) is 0 Å². The maximum Gasteiger partial charge on any atom is 0.310 e. The number of ether oxygens (including phenoxy) is 1. The summed E-state index contributed by atoms with van der Waals surface area (Å²) in [7, 11) is 0. The lowest BCUT2D eigenvalue weighted by atomic mass is 10.1. The van der Waals surface area contributed by atoms with Gasteiger partial charge < -0.3 is 10.1 Å². The predicted octanol–water partition coefficient (Wildman–Crippen LogP) is 2.05. The van der Waals surface area contributed by atoms with Crippen molar-refractivity contribution < 1.29 is 9.53 Å². The average molecular weight is 290 g/mol. The van der Waals surface area contributed by atoms with Crippen LogP contribution in [0.3, 0.4) is 0 Å². The van der Waals surface area contributed by atoms with E-state index in [-0.39, 0.29) is 11.9 Å². The van der Waals surface area contributed by atoms with Gasteiger partial charge in [0.15, 0.2) is 0 Å². The number of esters is 1. The van der Waals surface area contributed by atoms with E-state index in [1.54, 1.807) is 0 Å². The van der Waals surface area contributed by atoms with Crippen LogP contribution in [-0.2, 0) is 16.1 Å². The number of hydrogen-bond acceptors (Lipinski definition) is 4. The van der Waals surface area contributed by atoms with E-state index >= 15 is 0 Å². The normalized spacial score (nSPS) is 16.5. The molecule has 1 aliphatic heterocycles. The summed E-state index contributed by atoms with van der Waals surface area (Å²) < 4.78 is 5.42. The molecule has 1 aromatic rings. The zero-order valence-corrected chi connectivity index (χ0v) is 13.0. The zero-order chi connectivity index (χ0) is 15.1. The minimum Gasteiger partial charge on any atom is -0.461 e. The third-order valence-corrected chi connectivity index (χ3v) is 3.92. The largest absolute Gasteiger partial charge is 0.461 e. The number of rotatable bonds is 8. The first-order chi connectivity index (χ1) is 10.2. The number of benzene rings is 1. The molecule has 21 heavy (non-hydrogen) atoms. The van der Waals surface area contributed by atoms with E-state index in [9.17, 15) is 4.79 Å². The highest BCUT2D eigenvalue weighted by molar-refractivity contribution is 5.72. The summed E-state index contributed by atoms with van der Waals surface area (Å²) in [5, 5.41) is 3.29. The lowest BCUT2D eigenvalue weighted by Crippen LogP contribution is -2.58. The number of nitrogens with zero attached hydrogens (tertiary/aromatic N) is 1. The van der Waals surface area contributed by atoms with Gasteiger partial charge in [-0.3, -0.25) is 9.69 Å². The Bertz CT molecular complexity index is 432. The second-order valence-corrected chi connectivity index (χ2v) is 5.80. The van der Waals surface area contributed by atoms with E-state index in [1.165, 1.54) is 0 Å². The molecular weight excluding hydrogens is 264 g/mol. The first kappa shape index (κ1) is 16.0. The van der Waals surface area contributed by atoms with Crippen LogP contribution in [0.2, 0.25) is 0 Å². The smallest absolute Gasteiger partial charge is 0.310 e. The molecule has 4 heteroatoms. The van der Waals surface area contributed by atoms with Gasteiger partial charge in [0, 0.05) is 25.7 Å². The van der Waals surface area contributed by atoms with Crippen molar-refractivity contribution in [2.75, 3.05) is 26.2 Å².